The van der Waals surface area contributed by atoms with Crippen LogP contribution in [-0.2, 0) is 13.0 Å². The maximum atomic E-state index is 13.4. The Balaban J connectivity index is 1.68. The van der Waals surface area contributed by atoms with E-state index in [2.05, 4.69) is 20.6 Å². The van der Waals surface area contributed by atoms with E-state index in [0.29, 0.717) is 42.9 Å². The number of aromatic amines is 1. The number of aromatic nitrogens is 1. The number of nitrogens with zero attached hydrogens (tertiary/aromatic N) is 1. The largest absolute Gasteiger partial charge is 0.493 e. The summed E-state index contributed by atoms with van der Waals surface area (Å²) < 4.78 is 30.0. The van der Waals surface area contributed by atoms with Gasteiger partial charge in [-0.2, -0.15) is 0 Å². The first-order chi connectivity index (χ1) is 15.6. The van der Waals surface area contributed by atoms with Gasteiger partial charge in [0, 0.05) is 30.2 Å². The van der Waals surface area contributed by atoms with Gasteiger partial charge in [0.05, 0.1) is 27.4 Å². The minimum atomic E-state index is -0.242. The molecule has 32 heavy (non-hydrogen) atoms. The van der Waals surface area contributed by atoms with Crippen LogP contribution in [0.15, 0.2) is 41.5 Å². The SMILES string of the molecule is CCNC(=NCc1cc(OC)c(OCC)c(OC)c1)NCCc1c[nH]c2cc(F)ccc12. The zero-order valence-corrected chi connectivity index (χ0v) is 19.0. The third-order valence-electron chi connectivity index (χ3n) is 4.99. The Morgan fingerprint density at radius 2 is 1.81 bits per heavy atom. The highest BCUT2D eigenvalue weighted by Crippen LogP contribution is 2.38. The first-order valence-electron chi connectivity index (χ1n) is 10.7. The number of nitrogens with one attached hydrogen (secondary N) is 3. The zero-order valence-electron chi connectivity index (χ0n) is 19.0. The molecule has 0 aliphatic rings. The van der Waals surface area contributed by atoms with E-state index < -0.39 is 0 Å². The van der Waals surface area contributed by atoms with E-state index in [1.165, 1.54) is 12.1 Å². The third-order valence-corrected chi connectivity index (χ3v) is 4.99. The number of aliphatic imine (C=N–C) groups is 1. The van der Waals surface area contributed by atoms with Crippen LogP contribution in [0.1, 0.15) is 25.0 Å². The molecular weight excluding hydrogens is 411 g/mol. The molecule has 0 unspecified atom stereocenters. The summed E-state index contributed by atoms with van der Waals surface area (Å²) in [6, 6.07) is 8.62. The van der Waals surface area contributed by atoms with Gasteiger partial charge in [0.1, 0.15) is 5.82 Å². The normalized spacial score (nSPS) is 11.5. The fourth-order valence-corrected chi connectivity index (χ4v) is 3.51. The van der Waals surface area contributed by atoms with E-state index >= 15 is 0 Å². The molecule has 2 aromatic carbocycles. The number of hydrogen-bond acceptors (Lipinski definition) is 4. The van der Waals surface area contributed by atoms with Gasteiger partial charge < -0.3 is 29.8 Å². The summed E-state index contributed by atoms with van der Waals surface area (Å²) >= 11 is 0. The average molecular weight is 443 g/mol. The van der Waals surface area contributed by atoms with E-state index in [-0.39, 0.29) is 5.82 Å². The Labute approximate surface area is 188 Å². The Morgan fingerprint density at radius 1 is 1.06 bits per heavy atom. The summed E-state index contributed by atoms with van der Waals surface area (Å²) in [6.07, 6.45) is 2.70. The molecule has 0 aliphatic heterocycles. The van der Waals surface area contributed by atoms with Crippen molar-refractivity contribution in [3.8, 4) is 17.2 Å². The number of ether oxygens (including phenoxy) is 3. The van der Waals surface area contributed by atoms with Crippen molar-refractivity contribution in [3.05, 3.63) is 53.5 Å². The van der Waals surface area contributed by atoms with E-state index in [9.17, 15) is 4.39 Å². The second-order valence-corrected chi connectivity index (χ2v) is 7.14. The molecule has 0 saturated heterocycles. The Hall–Kier alpha value is -3.42. The molecule has 0 atom stereocenters. The first kappa shape index (κ1) is 23.2. The lowest BCUT2D eigenvalue weighted by molar-refractivity contribution is 0.288. The number of benzene rings is 2. The maximum Gasteiger partial charge on any atom is 0.203 e. The van der Waals surface area contributed by atoms with Crippen molar-refractivity contribution in [2.24, 2.45) is 4.99 Å². The van der Waals surface area contributed by atoms with Gasteiger partial charge in [-0.15, -0.1) is 0 Å². The molecule has 0 fully saturated rings. The second kappa shape index (κ2) is 11.3. The molecule has 7 nitrogen and oxygen atoms in total. The predicted octanol–water partition coefficient (Wildman–Crippen LogP) is 4.02. The van der Waals surface area contributed by atoms with Crippen LogP contribution in [0.3, 0.4) is 0 Å². The third kappa shape index (κ3) is 5.63. The van der Waals surface area contributed by atoms with Gasteiger partial charge in [-0.3, -0.25) is 0 Å². The summed E-state index contributed by atoms with van der Waals surface area (Å²) in [6.45, 7) is 6.33. The van der Waals surface area contributed by atoms with Crippen LogP contribution in [0.2, 0.25) is 0 Å². The minimum Gasteiger partial charge on any atom is -0.493 e. The lowest BCUT2D eigenvalue weighted by Gasteiger charge is -2.15. The molecule has 172 valence electrons. The number of methoxy groups -OCH3 is 2. The molecule has 1 heterocycles. The fraction of sp³-hybridized carbons (Fsp3) is 0.375. The highest BCUT2D eigenvalue weighted by atomic mass is 19.1. The first-order valence-corrected chi connectivity index (χ1v) is 10.7. The lowest BCUT2D eigenvalue weighted by atomic mass is 10.1. The van der Waals surface area contributed by atoms with Gasteiger partial charge in [-0.1, -0.05) is 0 Å². The molecule has 0 radical (unpaired) electrons. The van der Waals surface area contributed by atoms with Crippen molar-refractivity contribution >= 4 is 16.9 Å². The molecule has 8 heteroatoms. The smallest absolute Gasteiger partial charge is 0.203 e. The van der Waals surface area contributed by atoms with Crippen molar-refractivity contribution < 1.29 is 18.6 Å². The predicted molar refractivity (Wildman–Crippen MR) is 125 cm³/mol. The summed E-state index contributed by atoms with van der Waals surface area (Å²) in [5.41, 5.74) is 2.88. The second-order valence-electron chi connectivity index (χ2n) is 7.14. The van der Waals surface area contributed by atoms with Crippen molar-refractivity contribution in [3.63, 3.8) is 0 Å². The maximum absolute atomic E-state index is 13.4. The van der Waals surface area contributed by atoms with Crippen LogP contribution < -0.4 is 24.8 Å². The quantitative estimate of drug-likeness (QED) is 0.326. The number of fused-ring (bicyclic) bond motifs is 1. The topological polar surface area (TPSA) is 79.9 Å². The van der Waals surface area contributed by atoms with Crippen LogP contribution in [-0.4, -0.2) is 44.9 Å². The minimum absolute atomic E-state index is 0.242. The Bertz CT molecular complexity index is 1040. The van der Waals surface area contributed by atoms with Gasteiger partial charge in [0.2, 0.25) is 5.75 Å². The molecule has 0 saturated carbocycles. The van der Waals surface area contributed by atoms with E-state index in [1.54, 1.807) is 14.2 Å². The standard InChI is InChI=1S/C24H31FN4O3/c1-5-26-24(27-10-9-17-15-28-20-13-18(25)7-8-19(17)20)29-14-16-11-21(30-3)23(32-6-2)22(12-16)31-4/h7-8,11-13,15,28H,5-6,9-10,14H2,1-4H3,(H2,26,27,29). The molecular formula is C24H31FN4O3. The van der Waals surface area contributed by atoms with Gasteiger partial charge in [0.15, 0.2) is 17.5 Å². The van der Waals surface area contributed by atoms with Crippen LogP contribution in [0.25, 0.3) is 10.9 Å². The summed E-state index contributed by atoms with van der Waals surface area (Å²) in [5, 5.41) is 7.65. The number of rotatable bonds is 10. The highest BCUT2D eigenvalue weighted by Gasteiger charge is 2.14. The van der Waals surface area contributed by atoms with Gasteiger partial charge in [-0.05, 0) is 61.7 Å². The molecule has 1 aromatic heterocycles. The number of guanidine groups is 1. The molecule has 0 amide bonds. The number of halogens is 1. The molecule has 3 rings (SSSR count). The zero-order chi connectivity index (χ0) is 22.9. The van der Waals surface area contributed by atoms with Crippen molar-refractivity contribution in [1.82, 2.24) is 15.6 Å². The van der Waals surface area contributed by atoms with E-state index in [4.69, 9.17) is 14.2 Å². The molecule has 3 aromatic rings. The van der Waals surface area contributed by atoms with Gasteiger partial charge in [-0.25, -0.2) is 9.38 Å². The van der Waals surface area contributed by atoms with Gasteiger partial charge >= 0.3 is 0 Å². The number of hydrogen-bond donors (Lipinski definition) is 3. The molecule has 3 N–H and O–H groups in total. The molecule has 0 spiro atoms. The Morgan fingerprint density at radius 3 is 2.47 bits per heavy atom. The fourth-order valence-electron chi connectivity index (χ4n) is 3.51. The van der Waals surface area contributed by atoms with Crippen LogP contribution >= 0.6 is 0 Å². The van der Waals surface area contributed by atoms with Gasteiger partial charge in [0.25, 0.3) is 0 Å². The summed E-state index contributed by atoms with van der Waals surface area (Å²) in [5.74, 6) is 2.29. The summed E-state index contributed by atoms with van der Waals surface area (Å²) in [7, 11) is 3.21. The molecule has 0 bridgehead atoms. The summed E-state index contributed by atoms with van der Waals surface area (Å²) in [4.78, 5) is 7.81. The van der Waals surface area contributed by atoms with E-state index in [0.717, 1.165) is 35.0 Å². The highest BCUT2D eigenvalue weighted by molar-refractivity contribution is 5.83. The lowest BCUT2D eigenvalue weighted by Crippen LogP contribution is -2.38. The Kier molecular flexibility index (Phi) is 8.19. The van der Waals surface area contributed by atoms with E-state index in [1.807, 2.05) is 38.2 Å². The average Bonchev–Trinajstić information content (AvgIpc) is 3.19. The van der Waals surface area contributed by atoms with Crippen molar-refractivity contribution in [2.45, 2.75) is 26.8 Å². The number of H-pyrrole nitrogens is 1. The van der Waals surface area contributed by atoms with Crippen LogP contribution in [0.4, 0.5) is 4.39 Å². The van der Waals surface area contributed by atoms with Crippen LogP contribution in [0.5, 0.6) is 17.2 Å². The monoisotopic (exact) mass is 442 g/mol. The molecule has 0 aliphatic carbocycles. The van der Waals surface area contributed by atoms with Crippen LogP contribution in [0, 0.1) is 5.82 Å². The van der Waals surface area contributed by atoms with Crippen molar-refractivity contribution in [1.29, 1.82) is 0 Å². The van der Waals surface area contributed by atoms with Crippen molar-refractivity contribution in [2.75, 3.05) is 33.9 Å².